The summed E-state index contributed by atoms with van der Waals surface area (Å²) in [5.74, 6) is 3.45. The highest BCUT2D eigenvalue weighted by atomic mass is 16.7. The molecule has 35 heavy (non-hydrogen) atoms. The lowest BCUT2D eigenvalue weighted by atomic mass is 9.82. The van der Waals surface area contributed by atoms with Gasteiger partial charge in [0.05, 0.1) is 19.8 Å². The van der Waals surface area contributed by atoms with Gasteiger partial charge in [-0.05, 0) is 79.5 Å². The number of hydrogen-bond donors (Lipinski definition) is 0. The Labute approximate surface area is 215 Å². The zero-order valence-electron chi connectivity index (χ0n) is 23.0. The van der Waals surface area contributed by atoms with Crippen molar-refractivity contribution in [2.24, 2.45) is 17.8 Å². The van der Waals surface area contributed by atoms with Crippen LogP contribution in [0, 0.1) is 17.8 Å². The van der Waals surface area contributed by atoms with E-state index in [1.165, 1.54) is 49.7 Å². The molecular formula is C32H50O3. The predicted octanol–water partition coefficient (Wildman–Crippen LogP) is 8.87. The van der Waals surface area contributed by atoms with Crippen molar-refractivity contribution in [2.45, 2.75) is 91.8 Å². The summed E-state index contributed by atoms with van der Waals surface area (Å²) < 4.78 is 17.4. The standard InChI is InChI=1S/C32H50O3/c1-7-28(29-15-10-8-11-16-29)14-12-9-13-21-33-22-23-34-27(6)35-31-19-17-30(18-20-31)32(26(4)5)24-25(2)3/h7,9,12,14,17-20,25-27,29,32H,1,8,10-11,13,15-16,21-24H2,2-6H3/b12-9+,28-14+. The molecule has 2 atom stereocenters. The Kier molecular flexibility index (Phi) is 14.1. The number of rotatable bonds is 16. The second-order valence-corrected chi connectivity index (χ2v) is 10.6. The Hall–Kier alpha value is -1.84. The van der Waals surface area contributed by atoms with Crippen LogP contribution in [-0.4, -0.2) is 26.1 Å². The average Bonchev–Trinajstić information content (AvgIpc) is 2.84. The molecule has 0 N–H and O–H groups in total. The number of ether oxygens (including phenoxy) is 3. The van der Waals surface area contributed by atoms with Crippen LogP contribution in [0.2, 0.25) is 0 Å². The molecule has 0 radical (unpaired) electrons. The minimum atomic E-state index is -0.303. The van der Waals surface area contributed by atoms with Gasteiger partial charge in [0.15, 0.2) is 6.29 Å². The largest absolute Gasteiger partial charge is 0.465 e. The van der Waals surface area contributed by atoms with Crippen molar-refractivity contribution in [3.05, 3.63) is 66.3 Å². The Bertz CT molecular complexity index is 754. The van der Waals surface area contributed by atoms with Crippen LogP contribution in [0.25, 0.3) is 0 Å². The maximum Gasteiger partial charge on any atom is 0.197 e. The number of hydrogen-bond acceptors (Lipinski definition) is 3. The molecule has 0 saturated heterocycles. The third-order valence-electron chi connectivity index (χ3n) is 6.89. The molecule has 1 aliphatic carbocycles. The molecule has 2 rings (SSSR count). The van der Waals surface area contributed by atoms with Crippen LogP contribution in [0.1, 0.15) is 91.0 Å². The fourth-order valence-electron chi connectivity index (χ4n) is 4.93. The zero-order valence-corrected chi connectivity index (χ0v) is 23.0. The van der Waals surface area contributed by atoms with Crippen molar-refractivity contribution >= 4 is 0 Å². The van der Waals surface area contributed by atoms with Gasteiger partial charge in [0.2, 0.25) is 0 Å². The van der Waals surface area contributed by atoms with E-state index < -0.39 is 0 Å². The molecule has 3 heteroatoms. The first-order valence-corrected chi connectivity index (χ1v) is 13.9. The van der Waals surface area contributed by atoms with Crippen molar-refractivity contribution in [1.82, 2.24) is 0 Å². The molecule has 0 amide bonds. The van der Waals surface area contributed by atoms with Crippen LogP contribution in [0.15, 0.2) is 60.7 Å². The summed E-state index contributed by atoms with van der Waals surface area (Å²) in [7, 11) is 0. The Morgan fingerprint density at radius 2 is 1.69 bits per heavy atom. The van der Waals surface area contributed by atoms with Crippen LogP contribution >= 0.6 is 0 Å². The molecule has 1 saturated carbocycles. The van der Waals surface area contributed by atoms with Gasteiger partial charge < -0.3 is 14.2 Å². The molecule has 196 valence electrons. The van der Waals surface area contributed by atoms with Crippen molar-refractivity contribution in [1.29, 1.82) is 0 Å². The van der Waals surface area contributed by atoms with Gasteiger partial charge in [0.1, 0.15) is 5.75 Å². The Morgan fingerprint density at radius 1 is 0.971 bits per heavy atom. The predicted molar refractivity (Wildman–Crippen MR) is 149 cm³/mol. The zero-order chi connectivity index (χ0) is 25.5. The monoisotopic (exact) mass is 482 g/mol. The van der Waals surface area contributed by atoms with Crippen molar-refractivity contribution in [2.75, 3.05) is 19.8 Å². The summed E-state index contributed by atoms with van der Waals surface area (Å²) in [6.07, 6.45) is 17.1. The molecule has 0 heterocycles. The Morgan fingerprint density at radius 3 is 2.31 bits per heavy atom. The van der Waals surface area contributed by atoms with Crippen molar-refractivity contribution < 1.29 is 14.2 Å². The van der Waals surface area contributed by atoms with Crippen molar-refractivity contribution in [3.63, 3.8) is 0 Å². The third kappa shape index (κ3) is 11.6. The van der Waals surface area contributed by atoms with Gasteiger partial charge in [-0.2, -0.15) is 0 Å². The molecule has 2 unspecified atom stereocenters. The van der Waals surface area contributed by atoms with Crippen molar-refractivity contribution in [3.8, 4) is 5.75 Å². The van der Waals surface area contributed by atoms with Crippen LogP contribution < -0.4 is 4.74 Å². The molecule has 1 fully saturated rings. The molecule has 0 aliphatic heterocycles. The molecule has 0 aromatic heterocycles. The highest BCUT2D eigenvalue weighted by molar-refractivity contribution is 5.30. The van der Waals surface area contributed by atoms with Gasteiger partial charge in [0, 0.05) is 0 Å². The molecule has 1 aliphatic rings. The highest BCUT2D eigenvalue weighted by Gasteiger charge is 2.18. The Balaban J connectivity index is 1.61. The molecule has 1 aromatic carbocycles. The quantitative estimate of drug-likeness (QED) is 0.134. The second-order valence-electron chi connectivity index (χ2n) is 10.6. The third-order valence-corrected chi connectivity index (χ3v) is 6.89. The molecule has 1 aromatic rings. The topological polar surface area (TPSA) is 27.7 Å². The van der Waals surface area contributed by atoms with E-state index >= 15 is 0 Å². The van der Waals surface area contributed by atoms with Gasteiger partial charge in [0.25, 0.3) is 0 Å². The minimum Gasteiger partial charge on any atom is -0.465 e. The fourth-order valence-corrected chi connectivity index (χ4v) is 4.93. The normalized spacial score (nSPS) is 17.3. The SMILES string of the molecule is C=C/C(=C\C=C\CCOCCOC(C)Oc1ccc(C(CC(C)C)C(C)C)cc1)C1CCCCC1. The molecular weight excluding hydrogens is 432 g/mol. The first-order valence-electron chi connectivity index (χ1n) is 13.9. The average molecular weight is 483 g/mol. The fraction of sp³-hybridized carbons (Fsp3) is 0.625. The first-order chi connectivity index (χ1) is 16.9. The summed E-state index contributed by atoms with van der Waals surface area (Å²) in [5, 5.41) is 0. The van der Waals surface area contributed by atoms with E-state index in [0.717, 1.165) is 12.2 Å². The van der Waals surface area contributed by atoms with Crippen LogP contribution in [0.4, 0.5) is 0 Å². The number of benzene rings is 1. The number of allylic oxidation sites excluding steroid dienone is 4. The minimum absolute atomic E-state index is 0.303. The van der Waals surface area contributed by atoms with Gasteiger partial charge >= 0.3 is 0 Å². The van der Waals surface area contributed by atoms with Gasteiger partial charge in [-0.1, -0.05) is 90.0 Å². The van der Waals surface area contributed by atoms with E-state index in [9.17, 15) is 0 Å². The second kappa shape index (κ2) is 16.8. The van der Waals surface area contributed by atoms with Crippen LogP contribution in [0.3, 0.4) is 0 Å². The maximum atomic E-state index is 5.93. The van der Waals surface area contributed by atoms with E-state index in [2.05, 4.69) is 76.8 Å². The summed E-state index contributed by atoms with van der Waals surface area (Å²) >= 11 is 0. The highest BCUT2D eigenvalue weighted by Crippen LogP contribution is 2.32. The molecule has 0 bridgehead atoms. The summed E-state index contributed by atoms with van der Waals surface area (Å²) in [4.78, 5) is 0. The van der Waals surface area contributed by atoms with Gasteiger partial charge in [-0.25, -0.2) is 0 Å². The van der Waals surface area contributed by atoms with E-state index in [0.29, 0.717) is 43.5 Å². The van der Waals surface area contributed by atoms with Gasteiger partial charge in [-0.15, -0.1) is 0 Å². The molecule has 3 nitrogen and oxygen atoms in total. The molecule has 0 spiro atoms. The lowest BCUT2D eigenvalue weighted by Gasteiger charge is -2.24. The lowest BCUT2D eigenvalue weighted by Crippen LogP contribution is -2.19. The van der Waals surface area contributed by atoms with E-state index in [-0.39, 0.29) is 6.29 Å². The van der Waals surface area contributed by atoms with Crippen LogP contribution in [0.5, 0.6) is 5.75 Å². The summed E-state index contributed by atoms with van der Waals surface area (Å²) in [6.45, 7) is 16.9. The van der Waals surface area contributed by atoms with E-state index in [4.69, 9.17) is 14.2 Å². The van der Waals surface area contributed by atoms with Crippen LogP contribution in [-0.2, 0) is 9.47 Å². The smallest absolute Gasteiger partial charge is 0.197 e. The van der Waals surface area contributed by atoms with E-state index in [1.54, 1.807) is 0 Å². The maximum absolute atomic E-state index is 5.93. The van der Waals surface area contributed by atoms with Gasteiger partial charge in [-0.3, -0.25) is 0 Å². The lowest BCUT2D eigenvalue weighted by molar-refractivity contribution is -0.0830. The summed E-state index contributed by atoms with van der Waals surface area (Å²) in [6, 6.07) is 8.53. The summed E-state index contributed by atoms with van der Waals surface area (Å²) in [5.41, 5.74) is 2.77. The van der Waals surface area contributed by atoms with E-state index in [1.807, 2.05) is 13.0 Å². The first kappa shape index (κ1) is 29.4.